The summed E-state index contributed by atoms with van der Waals surface area (Å²) >= 11 is 0. The van der Waals surface area contributed by atoms with Crippen molar-refractivity contribution in [2.45, 2.75) is 132 Å². The van der Waals surface area contributed by atoms with Crippen molar-refractivity contribution in [3.8, 4) is 11.1 Å². The molecular weight excluding hydrogens is 528 g/mol. The van der Waals surface area contributed by atoms with Crippen LogP contribution in [-0.2, 0) is 0 Å². The SMILES string of the molecule is CC(C)c1ccccc1C(C)C.CC(C)c1ccccc1C(C)C.Cc1ccc(C)c(-c2ccc(C(C)C)c(C(C)C)c2)c1. The van der Waals surface area contributed by atoms with Crippen molar-refractivity contribution >= 4 is 0 Å². The lowest BCUT2D eigenvalue weighted by molar-refractivity contribution is 0.790. The first-order valence-electron chi connectivity index (χ1n) is 17.0. The van der Waals surface area contributed by atoms with Crippen LogP contribution in [-0.4, -0.2) is 0 Å². The lowest BCUT2D eigenvalue weighted by Crippen LogP contribution is -1.99. The zero-order valence-electron chi connectivity index (χ0n) is 30.5. The van der Waals surface area contributed by atoms with Crippen LogP contribution in [0.5, 0.6) is 0 Å². The van der Waals surface area contributed by atoms with Gasteiger partial charge in [0.2, 0.25) is 0 Å². The summed E-state index contributed by atoms with van der Waals surface area (Å²) in [6.45, 7) is 31.5. The highest BCUT2D eigenvalue weighted by molar-refractivity contribution is 5.69. The molecule has 0 saturated carbocycles. The van der Waals surface area contributed by atoms with E-state index in [-0.39, 0.29) is 0 Å². The second-order valence-corrected chi connectivity index (χ2v) is 14.3. The summed E-state index contributed by atoms with van der Waals surface area (Å²) < 4.78 is 0. The predicted octanol–water partition coefficient (Wildman–Crippen LogP) is 14.1. The van der Waals surface area contributed by atoms with Gasteiger partial charge >= 0.3 is 0 Å². The molecule has 0 bridgehead atoms. The van der Waals surface area contributed by atoms with Crippen molar-refractivity contribution in [2.75, 3.05) is 0 Å². The Kier molecular flexibility index (Phi) is 14.6. The molecule has 0 radical (unpaired) electrons. The average Bonchev–Trinajstić information content (AvgIpc) is 2.98. The first-order valence-corrected chi connectivity index (χ1v) is 17.0. The van der Waals surface area contributed by atoms with Crippen molar-refractivity contribution in [1.82, 2.24) is 0 Å². The smallest absolute Gasteiger partial charge is 0.0152 e. The molecule has 0 unspecified atom stereocenters. The van der Waals surface area contributed by atoms with E-state index >= 15 is 0 Å². The van der Waals surface area contributed by atoms with Gasteiger partial charge in [-0.2, -0.15) is 0 Å². The second-order valence-electron chi connectivity index (χ2n) is 14.3. The molecule has 0 aliphatic heterocycles. The summed E-state index contributed by atoms with van der Waals surface area (Å²) in [5, 5.41) is 0. The highest BCUT2D eigenvalue weighted by atomic mass is 14.2. The van der Waals surface area contributed by atoms with E-state index in [0.717, 1.165) is 0 Å². The van der Waals surface area contributed by atoms with Gasteiger partial charge < -0.3 is 0 Å². The van der Waals surface area contributed by atoms with Crippen LogP contribution >= 0.6 is 0 Å². The molecule has 0 aliphatic rings. The van der Waals surface area contributed by atoms with E-state index in [0.29, 0.717) is 35.5 Å². The van der Waals surface area contributed by atoms with Crippen LogP contribution in [0.4, 0.5) is 0 Å². The maximum atomic E-state index is 2.39. The van der Waals surface area contributed by atoms with E-state index in [4.69, 9.17) is 0 Å². The van der Waals surface area contributed by atoms with Gasteiger partial charge in [0.15, 0.2) is 0 Å². The molecule has 0 N–H and O–H groups in total. The van der Waals surface area contributed by atoms with Crippen LogP contribution in [0, 0.1) is 13.8 Å². The fourth-order valence-corrected chi connectivity index (χ4v) is 5.94. The summed E-state index contributed by atoms with van der Waals surface area (Å²) in [6.07, 6.45) is 0. The molecular formula is C44H62. The first kappa shape index (κ1) is 37.1. The molecule has 44 heavy (non-hydrogen) atoms. The molecule has 4 rings (SSSR count). The monoisotopic (exact) mass is 590 g/mol. The van der Waals surface area contributed by atoms with Gasteiger partial charge in [-0.1, -0.05) is 174 Å². The van der Waals surface area contributed by atoms with E-state index in [9.17, 15) is 0 Å². The van der Waals surface area contributed by atoms with Gasteiger partial charge in [-0.05, 0) is 99.4 Å². The van der Waals surface area contributed by atoms with Gasteiger partial charge in [-0.3, -0.25) is 0 Å². The van der Waals surface area contributed by atoms with Crippen molar-refractivity contribution in [3.05, 3.63) is 129 Å². The quantitative estimate of drug-likeness (QED) is 0.201. The Morgan fingerprint density at radius 1 is 0.341 bits per heavy atom. The minimum absolute atomic E-state index is 0.567. The zero-order chi connectivity index (χ0) is 33.1. The lowest BCUT2D eigenvalue weighted by Gasteiger charge is -2.18. The molecule has 0 spiro atoms. The van der Waals surface area contributed by atoms with Gasteiger partial charge in [0.25, 0.3) is 0 Å². The highest BCUT2D eigenvalue weighted by Crippen LogP contribution is 2.33. The molecule has 0 saturated heterocycles. The highest BCUT2D eigenvalue weighted by Gasteiger charge is 2.13. The standard InChI is InChI=1S/C20H26.2C12H18/c1-13(2)18-10-9-17(12-19(18)14(3)4)20-11-15(5)7-8-16(20)6;2*1-9(2)11-7-5-6-8-12(11)10(3)4/h7-14H,1-6H3;2*5-10H,1-4H3. The molecule has 0 amide bonds. The molecule has 238 valence electrons. The Balaban J connectivity index is 0.000000244. The Labute approximate surface area is 272 Å². The summed E-state index contributed by atoms with van der Waals surface area (Å²) in [7, 11) is 0. The van der Waals surface area contributed by atoms with Gasteiger partial charge in [0.1, 0.15) is 0 Å². The molecule has 0 aromatic heterocycles. The van der Waals surface area contributed by atoms with Crippen LogP contribution in [0.3, 0.4) is 0 Å². The summed E-state index contributed by atoms with van der Waals surface area (Å²) in [6, 6.07) is 31.1. The summed E-state index contributed by atoms with van der Waals surface area (Å²) in [5.74, 6) is 3.72. The second kappa shape index (κ2) is 17.4. The molecule has 0 nitrogen and oxygen atoms in total. The maximum Gasteiger partial charge on any atom is -0.0152 e. The predicted molar refractivity (Wildman–Crippen MR) is 199 cm³/mol. The van der Waals surface area contributed by atoms with Gasteiger partial charge in [0.05, 0.1) is 0 Å². The first-order chi connectivity index (χ1) is 20.6. The van der Waals surface area contributed by atoms with Crippen LogP contribution in [0.1, 0.15) is 163 Å². The van der Waals surface area contributed by atoms with E-state index in [1.54, 1.807) is 0 Å². The molecule has 0 aliphatic carbocycles. The fraction of sp³-hybridized carbons (Fsp3) is 0.455. The van der Waals surface area contributed by atoms with E-state index in [2.05, 4.69) is 182 Å². The number of hydrogen-bond acceptors (Lipinski definition) is 0. The Morgan fingerprint density at radius 3 is 1.02 bits per heavy atom. The average molecular weight is 591 g/mol. The Morgan fingerprint density at radius 2 is 0.682 bits per heavy atom. The molecule has 4 aromatic rings. The third-order valence-electron chi connectivity index (χ3n) is 8.51. The number of rotatable bonds is 7. The van der Waals surface area contributed by atoms with Crippen molar-refractivity contribution in [2.24, 2.45) is 0 Å². The van der Waals surface area contributed by atoms with Crippen LogP contribution in [0.25, 0.3) is 11.1 Å². The zero-order valence-corrected chi connectivity index (χ0v) is 30.5. The van der Waals surface area contributed by atoms with E-state index in [1.165, 1.54) is 55.6 Å². The molecule has 0 heterocycles. The van der Waals surface area contributed by atoms with E-state index in [1.807, 2.05) is 0 Å². The van der Waals surface area contributed by atoms with Crippen molar-refractivity contribution < 1.29 is 0 Å². The maximum absolute atomic E-state index is 2.39. The topological polar surface area (TPSA) is 0 Å². The van der Waals surface area contributed by atoms with Crippen LogP contribution in [0.2, 0.25) is 0 Å². The number of benzene rings is 4. The summed E-state index contributed by atoms with van der Waals surface area (Å²) in [4.78, 5) is 0. The van der Waals surface area contributed by atoms with Crippen molar-refractivity contribution in [3.63, 3.8) is 0 Å². The van der Waals surface area contributed by atoms with Gasteiger partial charge in [0, 0.05) is 0 Å². The molecule has 0 atom stereocenters. The van der Waals surface area contributed by atoms with Gasteiger partial charge in [-0.15, -0.1) is 0 Å². The number of aryl methyl sites for hydroxylation is 2. The lowest BCUT2D eigenvalue weighted by atomic mass is 9.87. The third-order valence-corrected chi connectivity index (χ3v) is 8.51. The van der Waals surface area contributed by atoms with Crippen molar-refractivity contribution in [1.29, 1.82) is 0 Å². The van der Waals surface area contributed by atoms with Gasteiger partial charge in [-0.25, -0.2) is 0 Å². The number of hydrogen-bond donors (Lipinski definition) is 0. The fourth-order valence-electron chi connectivity index (χ4n) is 5.94. The largest absolute Gasteiger partial charge is 0.0620 e. The molecule has 0 heteroatoms. The van der Waals surface area contributed by atoms with Crippen LogP contribution < -0.4 is 0 Å². The molecule has 4 aromatic carbocycles. The van der Waals surface area contributed by atoms with Crippen LogP contribution in [0.15, 0.2) is 84.9 Å². The Hall–Kier alpha value is -3.12. The van der Waals surface area contributed by atoms with E-state index < -0.39 is 0 Å². The Bertz CT molecular complexity index is 1320. The summed E-state index contributed by atoms with van der Waals surface area (Å²) in [5.41, 5.74) is 14.3. The third kappa shape index (κ3) is 10.5. The molecule has 0 fully saturated rings. The minimum Gasteiger partial charge on any atom is -0.0620 e. The minimum atomic E-state index is 0.567. The normalized spacial score (nSPS) is 11.3.